The van der Waals surface area contributed by atoms with Crippen LogP contribution in [0.2, 0.25) is 0 Å². The van der Waals surface area contributed by atoms with Gasteiger partial charge in [-0.25, -0.2) is 0 Å². The van der Waals surface area contributed by atoms with Crippen LogP contribution in [0.25, 0.3) is 0 Å². The van der Waals surface area contributed by atoms with E-state index in [0.29, 0.717) is 0 Å². The molecule has 104 valence electrons. The van der Waals surface area contributed by atoms with E-state index in [1.54, 1.807) is 0 Å². The van der Waals surface area contributed by atoms with Crippen molar-refractivity contribution < 1.29 is 9.90 Å². The molecule has 0 aromatic carbocycles. The Kier molecular flexibility index (Phi) is 4.28. The topological polar surface area (TPSA) is 43.8 Å². The van der Waals surface area contributed by atoms with Crippen LogP contribution in [-0.2, 0) is 4.79 Å². The number of carbonyl (C=O) groups is 1. The summed E-state index contributed by atoms with van der Waals surface area (Å²) in [4.78, 5) is 16.6. The standard InChI is InChI=1S/C14H26N2O2/c1-12(13(17)16-8-4-3-5-9-16)15-10-6-14(2,18)7-11-15/h12,18H,3-11H2,1-2H3. The number of piperidine rings is 2. The minimum absolute atomic E-state index is 0.0285. The van der Waals surface area contributed by atoms with Crippen molar-refractivity contribution in [2.45, 2.75) is 57.6 Å². The zero-order valence-electron chi connectivity index (χ0n) is 11.7. The number of amides is 1. The molecule has 2 aliphatic heterocycles. The first-order valence-corrected chi connectivity index (χ1v) is 7.25. The second kappa shape index (κ2) is 5.57. The van der Waals surface area contributed by atoms with Gasteiger partial charge in [0.25, 0.3) is 0 Å². The summed E-state index contributed by atoms with van der Waals surface area (Å²) in [7, 11) is 0. The van der Waals surface area contributed by atoms with E-state index in [0.717, 1.165) is 51.9 Å². The van der Waals surface area contributed by atoms with E-state index in [2.05, 4.69) is 4.90 Å². The maximum Gasteiger partial charge on any atom is 0.239 e. The third kappa shape index (κ3) is 3.23. The fourth-order valence-corrected chi connectivity index (χ4v) is 2.93. The Hall–Kier alpha value is -0.610. The van der Waals surface area contributed by atoms with Crippen molar-refractivity contribution in [2.24, 2.45) is 0 Å². The summed E-state index contributed by atoms with van der Waals surface area (Å²) >= 11 is 0. The second-order valence-electron chi connectivity index (χ2n) is 6.09. The van der Waals surface area contributed by atoms with Crippen LogP contribution < -0.4 is 0 Å². The van der Waals surface area contributed by atoms with Crippen molar-refractivity contribution in [1.82, 2.24) is 9.80 Å². The summed E-state index contributed by atoms with van der Waals surface area (Å²) in [6, 6.07) is -0.0285. The van der Waals surface area contributed by atoms with Crippen LogP contribution in [0.4, 0.5) is 0 Å². The van der Waals surface area contributed by atoms with Crippen LogP contribution in [-0.4, -0.2) is 58.6 Å². The van der Waals surface area contributed by atoms with Gasteiger partial charge in [0.1, 0.15) is 0 Å². The summed E-state index contributed by atoms with van der Waals surface area (Å²) in [6.07, 6.45) is 5.08. The minimum Gasteiger partial charge on any atom is -0.390 e. The molecule has 0 aliphatic carbocycles. The highest BCUT2D eigenvalue weighted by molar-refractivity contribution is 5.81. The van der Waals surface area contributed by atoms with E-state index < -0.39 is 5.60 Å². The average Bonchev–Trinajstić information content (AvgIpc) is 2.38. The molecule has 0 spiro atoms. The molecule has 2 fully saturated rings. The lowest BCUT2D eigenvalue weighted by Gasteiger charge is -2.40. The first-order valence-electron chi connectivity index (χ1n) is 7.25. The van der Waals surface area contributed by atoms with Gasteiger partial charge in [-0.3, -0.25) is 9.69 Å². The van der Waals surface area contributed by atoms with Crippen LogP contribution in [0, 0.1) is 0 Å². The molecule has 2 heterocycles. The predicted molar refractivity (Wildman–Crippen MR) is 71.3 cm³/mol. The summed E-state index contributed by atoms with van der Waals surface area (Å²) in [5.41, 5.74) is -0.537. The van der Waals surface area contributed by atoms with Gasteiger partial charge in [0, 0.05) is 26.2 Å². The molecule has 4 heteroatoms. The van der Waals surface area contributed by atoms with Crippen LogP contribution in [0.5, 0.6) is 0 Å². The maximum absolute atomic E-state index is 12.4. The lowest BCUT2D eigenvalue weighted by Crippen LogP contribution is -2.53. The monoisotopic (exact) mass is 254 g/mol. The predicted octanol–water partition coefficient (Wildman–Crippen LogP) is 1.23. The number of carbonyl (C=O) groups excluding carboxylic acids is 1. The van der Waals surface area contributed by atoms with Crippen LogP contribution in [0.15, 0.2) is 0 Å². The van der Waals surface area contributed by atoms with E-state index in [1.807, 2.05) is 18.7 Å². The van der Waals surface area contributed by atoms with Gasteiger partial charge in [0.05, 0.1) is 11.6 Å². The lowest BCUT2D eigenvalue weighted by atomic mass is 9.93. The number of hydrogen-bond acceptors (Lipinski definition) is 3. The third-order valence-corrected chi connectivity index (χ3v) is 4.45. The highest BCUT2D eigenvalue weighted by Crippen LogP contribution is 2.23. The molecule has 1 amide bonds. The molecule has 0 saturated carbocycles. The third-order valence-electron chi connectivity index (χ3n) is 4.45. The zero-order chi connectivity index (χ0) is 13.2. The number of likely N-dealkylation sites (tertiary alicyclic amines) is 2. The van der Waals surface area contributed by atoms with Gasteiger partial charge < -0.3 is 10.0 Å². The first-order chi connectivity index (χ1) is 8.49. The fraction of sp³-hybridized carbons (Fsp3) is 0.929. The molecule has 1 N–H and O–H groups in total. The summed E-state index contributed by atoms with van der Waals surface area (Å²) in [5, 5.41) is 9.94. The molecule has 2 aliphatic rings. The zero-order valence-corrected chi connectivity index (χ0v) is 11.7. The molecule has 0 radical (unpaired) electrons. The van der Waals surface area contributed by atoms with E-state index >= 15 is 0 Å². The van der Waals surface area contributed by atoms with Gasteiger partial charge in [0.2, 0.25) is 5.91 Å². The van der Waals surface area contributed by atoms with Gasteiger partial charge >= 0.3 is 0 Å². The van der Waals surface area contributed by atoms with Crippen molar-refractivity contribution in [3.63, 3.8) is 0 Å². The maximum atomic E-state index is 12.4. The number of nitrogens with zero attached hydrogens (tertiary/aromatic N) is 2. The highest BCUT2D eigenvalue weighted by Gasteiger charge is 2.33. The average molecular weight is 254 g/mol. The Morgan fingerprint density at radius 1 is 1.11 bits per heavy atom. The molecule has 2 rings (SSSR count). The minimum atomic E-state index is -0.537. The van der Waals surface area contributed by atoms with Crippen LogP contribution >= 0.6 is 0 Å². The molecule has 18 heavy (non-hydrogen) atoms. The van der Waals surface area contributed by atoms with E-state index in [1.165, 1.54) is 6.42 Å². The summed E-state index contributed by atoms with van der Waals surface area (Å²) < 4.78 is 0. The molecule has 1 atom stereocenters. The van der Waals surface area contributed by atoms with Crippen LogP contribution in [0.3, 0.4) is 0 Å². The molecule has 2 saturated heterocycles. The normalized spacial score (nSPS) is 26.9. The Bertz CT molecular complexity index is 288. The van der Waals surface area contributed by atoms with Crippen molar-refractivity contribution in [3.05, 3.63) is 0 Å². The second-order valence-corrected chi connectivity index (χ2v) is 6.09. The Morgan fingerprint density at radius 2 is 1.67 bits per heavy atom. The van der Waals surface area contributed by atoms with E-state index in [9.17, 15) is 9.90 Å². The summed E-state index contributed by atoms with van der Waals surface area (Å²) in [6.45, 7) is 7.41. The number of aliphatic hydroxyl groups is 1. The SMILES string of the molecule is CC(C(=O)N1CCCCC1)N1CCC(C)(O)CC1. The largest absolute Gasteiger partial charge is 0.390 e. The molecule has 1 unspecified atom stereocenters. The van der Waals surface area contributed by atoms with Crippen molar-refractivity contribution in [3.8, 4) is 0 Å². The van der Waals surface area contributed by atoms with Gasteiger partial charge in [-0.05, 0) is 46.0 Å². The van der Waals surface area contributed by atoms with Gasteiger partial charge in [0.15, 0.2) is 0 Å². The smallest absolute Gasteiger partial charge is 0.239 e. The molecule has 0 bridgehead atoms. The Morgan fingerprint density at radius 3 is 2.22 bits per heavy atom. The van der Waals surface area contributed by atoms with Gasteiger partial charge in [-0.2, -0.15) is 0 Å². The van der Waals surface area contributed by atoms with Crippen molar-refractivity contribution in [2.75, 3.05) is 26.2 Å². The first kappa shape index (κ1) is 13.8. The molecule has 4 nitrogen and oxygen atoms in total. The van der Waals surface area contributed by atoms with E-state index in [-0.39, 0.29) is 11.9 Å². The van der Waals surface area contributed by atoms with Crippen LogP contribution in [0.1, 0.15) is 46.0 Å². The number of hydrogen-bond donors (Lipinski definition) is 1. The lowest BCUT2D eigenvalue weighted by molar-refractivity contribution is -0.139. The molecule has 0 aromatic rings. The summed E-state index contributed by atoms with van der Waals surface area (Å²) in [5.74, 6) is 0.274. The van der Waals surface area contributed by atoms with Gasteiger partial charge in [-0.1, -0.05) is 0 Å². The fourth-order valence-electron chi connectivity index (χ4n) is 2.93. The number of rotatable bonds is 2. The Balaban J connectivity index is 1.87. The molecule has 0 aromatic heterocycles. The van der Waals surface area contributed by atoms with Crippen molar-refractivity contribution >= 4 is 5.91 Å². The van der Waals surface area contributed by atoms with Crippen molar-refractivity contribution in [1.29, 1.82) is 0 Å². The molecular formula is C14H26N2O2. The van der Waals surface area contributed by atoms with E-state index in [4.69, 9.17) is 0 Å². The van der Waals surface area contributed by atoms with Gasteiger partial charge in [-0.15, -0.1) is 0 Å². The Labute approximate surface area is 110 Å². The highest BCUT2D eigenvalue weighted by atomic mass is 16.3. The quantitative estimate of drug-likeness (QED) is 0.806. The molecular weight excluding hydrogens is 228 g/mol.